The molecule has 13 heavy (non-hydrogen) atoms. The lowest BCUT2D eigenvalue weighted by Crippen LogP contribution is -1.97. The Morgan fingerprint density at radius 2 is 2.15 bits per heavy atom. The van der Waals surface area contributed by atoms with Crippen LogP contribution in [0.1, 0.15) is 26.2 Å². The molecule has 0 spiro atoms. The summed E-state index contributed by atoms with van der Waals surface area (Å²) in [7, 11) is 0. The highest BCUT2D eigenvalue weighted by Crippen LogP contribution is 2.00. The van der Waals surface area contributed by atoms with Crippen LogP contribution in [-0.2, 0) is 4.79 Å². The maximum absolute atomic E-state index is 10.0. The molecule has 0 aliphatic carbocycles. The van der Waals surface area contributed by atoms with Gasteiger partial charge in [-0.25, -0.2) is 4.79 Å². The number of rotatable bonds is 6. The van der Waals surface area contributed by atoms with Gasteiger partial charge in [0.15, 0.2) is 0 Å². The first kappa shape index (κ1) is 11.9. The summed E-state index contributed by atoms with van der Waals surface area (Å²) in [6.07, 6.45) is 8.51. The fourth-order valence-electron chi connectivity index (χ4n) is 0.844. The summed E-state index contributed by atoms with van der Waals surface area (Å²) >= 11 is 0. The van der Waals surface area contributed by atoms with E-state index < -0.39 is 5.97 Å². The third-order valence-corrected chi connectivity index (χ3v) is 1.48. The number of hydrogen-bond donors (Lipinski definition) is 2. The zero-order valence-corrected chi connectivity index (χ0v) is 7.81. The second-order valence-corrected chi connectivity index (χ2v) is 2.91. The van der Waals surface area contributed by atoms with E-state index in [4.69, 9.17) is 10.2 Å². The largest absolute Gasteiger partial charge is 0.478 e. The van der Waals surface area contributed by atoms with Gasteiger partial charge in [0.2, 0.25) is 0 Å². The lowest BCUT2D eigenvalue weighted by atomic mass is 10.1. The smallest absolute Gasteiger partial charge is 0.328 e. The highest BCUT2D eigenvalue weighted by atomic mass is 16.4. The molecule has 0 amide bonds. The zero-order valence-electron chi connectivity index (χ0n) is 7.81. The minimum absolute atomic E-state index is 0.247. The maximum atomic E-state index is 10.0. The highest BCUT2D eigenvalue weighted by Gasteiger charge is 1.91. The Bertz CT molecular complexity index is 192. The van der Waals surface area contributed by atoms with Gasteiger partial charge in [0.05, 0.1) is 6.10 Å². The molecule has 0 bridgehead atoms. The predicted molar refractivity (Wildman–Crippen MR) is 51.4 cm³/mol. The summed E-state index contributed by atoms with van der Waals surface area (Å²) < 4.78 is 0. The van der Waals surface area contributed by atoms with Crippen LogP contribution in [0.3, 0.4) is 0 Å². The van der Waals surface area contributed by atoms with Crippen molar-refractivity contribution in [3.63, 3.8) is 0 Å². The van der Waals surface area contributed by atoms with Gasteiger partial charge < -0.3 is 10.2 Å². The van der Waals surface area contributed by atoms with Crippen LogP contribution in [0.15, 0.2) is 24.3 Å². The van der Waals surface area contributed by atoms with E-state index in [1.54, 1.807) is 13.0 Å². The molecule has 0 heterocycles. The van der Waals surface area contributed by atoms with E-state index in [2.05, 4.69) is 0 Å². The van der Waals surface area contributed by atoms with Crippen molar-refractivity contribution in [3.05, 3.63) is 24.3 Å². The Kier molecular flexibility index (Phi) is 6.92. The van der Waals surface area contributed by atoms with Gasteiger partial charge in [0, 0.05) is 6.08 Å². The van der Waals surface area contributed by atoms with Gasteiger partial charge in [-0.3, -0.25) is 0 Å². The van der Waals surface area contributed by atoms with E-state index in [0.717, 1.165) is 25.3 Å². The normalized spacial score (nSPS) is 14.0. The molecule has 0 saturated heterocycles. The molecular weight excluding hydrogens is 168 g/mol. The van der Waals surface area contributed by atoms with Crippen molar-refractivity contribution < 1.29 is 15.0 Å². The number of unbranched alkanes of at least 4 members (excludes halogenated alkanes) is 1. The molecule has 0 aromatic carbocycles. The van der Waals surface area contributed by atoms with Crippen molar-refractivity contribution in [1.82, 2.24) is 0 Å². The molecular formula is C10H16O3. The Balaban J connectivity index is 3.37. The molecule has 3 nitrogen and oxygen atoms in total. The third-order valence-electron chi connectivity index (χ3n) is 1.48. The van der Waals surface area contributed by atoms with Crippen molar-refractivity contribution in [2.24, 2.45) is 0 Å². The average molecular weight is 184 g/mol. The van der Waals surface area contributed by atoms with Crippen LogP contribution in [0.25, 0.3) is 0 Å². The zero-order chi connectivity index (χ0) is 10.1. The summed E-state index contributed by atoms with van der Waals surface area (Å²) in [5.74, 6) is -0.936. The summed E-state index contributed by atoms with van der Waals surface area (Å²) in [5.41, 5.74) is 0. The number of carboxylic acid groups (broad SMARTS) is 1. The van der Waals surface area contributed by atoms with Crippen LogP contribution in [0.2, 0.25) is 0 Å². The molecule has 0 radical (unpaired) electrons. The SMILES string of the molecule is CC(O)CCC/C=C/C=C/C(=O)O. The van der Waals surface area contributed by atoms with Crippen molar-refractivity contribution in [2.75, 3.05) is 0 Å². The molecule has 0 saturated carbocycles. The summed E-state index contributed by atoms with van der Waals surface area (Å²) in [6.45, 7) is 1.76. The van der Waals surface area contributed by atoms with E-state index in [1.165, 1.54) is 6.08 Å². The van der Waals surface area contributed by atoms with Crippen LogP contribution >= 0.6 is 0 Å². The van der Waals surface area contributed by atoms with E-state index >= 15 is 0 Å². The van der Waals surface area contributed by atoms with Crippen molar-refractivity contribution >= 4 is 5.97 Å². The van der Waals surface area contributed by atoms with Gasteiger partial charge in [-0.1, -0.05) is 18.2 Å². The van der Waals surface area contributed by atoms with Crippen LogP contribution < -0.4 is 0 Å². The Morgan fingerprint density at radius 1 is 1.46 bits per heavy atom. The number of carbonyl (C=O) groups is 1. The van der Waals surface area contributed by atoms with Gasteiger partial charge >= 0.3 is 5.97 Å². The number of aliphatic hydroxyl groups excluding tert-OH is 1. The molecule has 0 aromatic rings. The second-order valence-electron chi connectivity index (χ2n) is 2.91. The maximum Gasteiger partial charge on any atom is 0.328 e. The van der Waals surface area contributed by atoms with Crippen molar-refractivity contribution in [1.29, 1.82) is 0 Å². The number of allylic oxidation sites excluding steroid dienone is 3. The van der Waals surface area contributed by atoms with Crippen LogP contribution in [0, 0.1) is 0 Å². The summed E-state index contributed by atoms with van der Waals surface area (Å²) in [5, 5.41) is 17.1. The Morgan fingerprint density at radius 3 is 2.69 bits per heavy atom. The third kappa shape index (κ3) is 10.9. The van der Waals surface area contributed by atoms with Crippen molar-refractivity contribution in [3.8, 4) is 0 Å². The standard InChI is InChI=1S/C10H16O3/c1-9(11)7-5-3-2-4-6-8-10(12)13/h2,4,6,8-9,11H,3,5,7H2,1H3,(H,12,13)/b4-2+,8-6+. The minimum Gasteiger partial charge on any atom is -0.478 e. The Labute approximate surface area is 78.4 Å². The van der Waals surface area contributed by atoms with Crippen LogP contribution in [-0.4, -0.2) is 22.3 Å². The number of hydrogen-bond acceptors (Lipinski definition) is 2. The summed E-state index contributed by atoms with van der Waals surface area (Å²) in [6, 6.07) is 0. The highest BCUT2D eigenvalue weighted by molar-refractivity contribution is 5.80. The van der Waals surface area contributed by atoms with Gasteiger partial charge in [-0.15, -0.1) is 0 Å². The monoisotopic (exact) mass is 184 g/mol. The van der Waals surface area contributed by atoms with Crippen LogP contribution in [0.5, 0.6) is 0 Å². The first-order chi connectivity index (χ1) is 6.13. The first-order valence-corrected chi connectivity index (χ1v) is 4.37. The molecule has 2 N–H and O–H groups in total. The molecule has 0 aromatic heterocycles. The lowest BCUT2D eigenvalue weighted by molar-refractivity contribution is -0.131. The minimum atomic E-state index is -0.936. The fourth-order valence-corrected chi connectivity index (χ4v) is 0.844. The van der Waals surface area contributed by atoms with Crippen molar-refractivity contribution in [2.45, 2.75) is 32.3 Å². The lowest BCUT2D eigenvalue weighted by Gasteiger charge is -1.99. The molecule has 0 fully saturated rings. The summed E-state index contributed by atoms with van der Waals surface area (Å²) in [4.78, 5) is 10.0. The Hall–Kier alpha value is -1.09. The first-order valence-electron chi connectivity index (χ1n) is 4.37. The van der Waals surface area contributed by atoms with Gasteiger partial charge in [-0.2, -0.15) is 0 Å². The molecule has 1 atom stereocenters. The number of aliphatic carboxylic acids is 1. The number of aliphatic hydroxyl groups is 1. The quantitative estimate of drug-likeness (QED) is 0.375. The average Bonchev–Trinajstić information content (AvgIpc) is 2.01. The van der Waals surface area contributed by atoms with E-state index in [-0.39, 0.29) is 6.10 Å². The molecule has 0 aliphatic heterocycles. The molecule has 1 unspecified atom stereocenters. The van der Waals surface area contributed by atoms with Crippen LogP contribution in [0.4, 0.5) is 0 Å². The topological polar surface area (TPSA) is 57.5 Å². The van der Waals surface area contributed by atoms with E-state index in [0.29, 0.717) is 0 Å². The molecule has 3 heteroatoms. The predicted octanol–water partition coefficient (Wildman–Crippen LogP) is 1.73. The number of carboxylic acids is 1. The molecule has 74 valence electrons. The van der Waals surface area contributed by atoms with Gasteiger partial charge in [0.25, 0.3) is 0 Å². The fraction of sp³-hybridized carbons (Fsp3) is 0.500. The van der Waals surface area contributed by atoms with E-state index in [9.17, 15) is 4.79 Å². The van der Waals surface area contributed by atoms with E-state index in [1.807, 2.05) is 6.08 Å². The van der Waals surface area contributed by atoms with Gasteiger partial charge in [-0.05, 0) is 26.2 Å². The van der Waals surface area contributed by atoms with Gasteiger partial charge in [0.1, 0.15) is 0 Å². The molecule has 0 rings (SSSR count). The molecule has 0 aliphatic rings. The second kappa shape index (κ2) is 7.55.